The number of esters is 2. The minimum Gasteiger partial charge on any atom is -0.423 e. The first-order valence-electron chi connectivity index (χ1n) is 8.65. The fraction of sp³-hybridized carbons (Fsp3) is 0.0909. The summed E-state index contributed by atoms with van der Waals surface area (Å²) in [7, 11) is 0. The Hall–Kier alpha value is -1.48. The van der Waals surface area contributed by atoms with E-state index in [2.05, 4.69) is 63.7 Å². The molecule has 0 fully saturated rings. The predicted octanol–water partition coefficient (Wildman–Crippen LogP) is 7.70. The maximum atomic E-state index is 12.6. The van der Waals surface area contributed by atoms with Crippen molar-refractivity contribution in [3.05, 3.63) is 95.1 Å². The summed E-state index contributed by atoms with van der Waals surface area (Å²) in [6, 6.07) is 20.6. The summed E-state index contributed by atoms with van der Waals surface area (Å²) in [6.07, 6.45) is 0. The van der Waals surface area contributed by atoms with Crippen LogP contribution < -0.4 is 9.47 Å². The first kappa shape index (κ1) is 23.2. The first-order chi connectivity index (χ1) is 14.4. The van der Waals surface area contributed by atoms with Gasteiger partial charge in [0.1, 0.15) is 11.5 Å². The van der Waals surface area contributed by atoms with E-state index in [9.17, 15) is 9.59 Å². The number of carbonyl (C=O) groups is 2. The molecular weight excluding hydrogens is 648 g/mol. The molecule has 0 heterocycles. The third-order valence-corrected chi connectivity index (χ3v) is 5.94. The Bertz CT molecular complexity index is 1040. The fourth-order valence-corrected chi connectivity index (χ4v) is 4.39. The first-order valence-corrected chi connectivity index (χ1v) is 12.3. The van der Waals surface area contributed by atoms with Crippen LogP contribution in [-0.4, -0.2) is 11.9 Å². The second-order valence-corrected chi connectivity index (χ2v) is 12.2. The molecule has 0 unspecified atom stereocenters. The summed E-state index contributed by atoms with van der Waals surface area (Å²) in [5.74, 6) is -0.511. The second-order valence-electron chi connectivity index (χ2n) is 6.04. The monoisotopic (exact) mass is 658 g/mol. The van der Waals surface area contributed by atoms with Crippen molar-refractivity contribution >= 4 is 75.7 Å². The number of rotatable bonds is 6. The van der Waals surface area contributed by atoms with Crippen LogP contribution in [0.25, 0.3) is 0 Å². The fourth-order valence-electron chi connectivity index (χ4n) is 2.65. The molecule has 8 heteroatoms. The van der Waals surface area contributed by atoms with Gasteiger partial charge in [-0.2, -0.15) is 0 Å². The molecule has 4 nitrogen and oxygen atoms in total. The molecule has 0 N–H and O–H groups in total. The molecule has 3 rings (SSSR count). The van der Waals surface area contributed by atoms with Crippen molar-refractivity contribution in [3.63, 3.8) is 0 Å². The molecule has 0 aliphatic rings. The third kappa shape index (κ3) is 5.81. The van der Waals surface area contributed by atoms with E-state index in [1.165, 1.54) is 6.07 Å². The molecule has 0 atom stereocenters. The molecule has 30 heavy (non-hydrogen) atoms. The van der Waals surface area contributed by atoms with Crippen LogP contribution in [0.1, 0.15) is 39.3 Å². The Kier molecular flexibility index (Phi) is 8.27. The molecular formula is C22H14Br4O4. The van der Waals surface area contributed by atoms with Crippen molar-refractivity contribution in [1.29, 1.82) is 0 Å². The molecule has 154 valence electrons. The highest BCUT2D eigenvalue weighted by atomic mass is 79.9. The van der Waals surface area contributed by atoms with Gasteiger partial charge in [-0.1, -0.05) is 100 Å². The molecule has 3 aromatic rings. The van der Waals surface area contributed by atoms with Gasteiger partial charge in [-0.25, -0.2) is 9.59 Å². The van der Waals surface area contributed by atoms with Gasteiger partial charge in [-0.3, -0.25) is 0 Å². The number of ether oxygens (including phenoxy) is 2. The SMILES string of the molecule is O=C(Oc1cc(OC(=O)c2ccccc2)c(C(Br)Br)c(C(Br)Br)c1)c1ccccc1. The molecule has 0 radical (unpaired) electrons. The molecule has 0 bridgehead atoms. The van der Waals surface area contributed by atoms with Gasteiger partial charge in [0.15, 0.2) is 0 Å². The zero-order chi connectivity index (χ0) is 21.7. The number of halogens is 4. The van der Waals surface area contributed by atoms with Crippen LogP contribution in [0, 0.1) is 0 Å². The van der Waals surface area contributed by atoms with Crippen molar-refractivity contribution in [2.75, 3.05) is 0 Å². The highest BCUT2D eigenvalue weighted by Gasteiger charge is 2.24. The lowest BCUT2D eigenvalue weighted by atomic mass is 10.1. The van der Waals surface area contributed by atoms with Crippen LogP contribution in [-0.2, 0) is 0 Å². The van der Waals surface area contributed by atoms with E-state index in [-0.39, 0.29) is 19.0 Å². The summed E-state index contributed by atoms with van der Waals surface area (Å²) in [4.78, 5) is 25.1. The molecule has 3 aromatic carbocycles. The molecule has 0 saturated heterocycles. The minimum absolute atomic E-state index is 0.253. The number of carbonyl (C=O) groups excluding carboxylic acids is 2. The minimum atomic E-state index is -0.518. The van der Waals surface area contributed by atoms with Crippen molar-refractivity contribution < 1.29 is 19.1 Å². The van der Waals surface area contributed by atoms with E-state index in [0.717, 1.165) is 5.56 Å². The Morgan fingerprint density at radius 1 is 0.667 bits per heavy atom. The number of hydrogen-bond acceptors (Lipinski definition) is 4. The van der Waals surface area contributed by atoms with Crippen molar-refractivity contribution in [1.82, 2.24) is 0 Å². The zero-order valence-electron chi connectivity index (χ0n) is 15.2. The van der Waals surface area contributed by atoms with Crippen LogP contribution in [0.5, 0.6) is 11.5 Å². The molecule has 0 aliphatic heterocycles. The molecule has 0 aliphatic carbocycles. The lowest BCUT2D eigenvalue weighted by Gasteiger charge is -2.19. The Balaban J connectivity index is 2.00. The quantitative estimate of drug-likeness (QED) is 0.154. The molecule has 0 amide bonds. The predicted molar refractivity (Wildman–Crippen MR) is 130 cm³/mol. The van der Waals surface area contributed by atoms with E-state index < -0.39 is 11.9 Å². The zero-order valence-corrected chi connectivity index (χ0v) is 21.6. The maximum Gasteiger partial charge on any atom is 0.343 e. The van der Waals surface area contributed by atoms with Gasteiger partial charge in [0.05, 0.1) is 18.6 Å². The Labute approximate surface area is 207 Å². The summed E-state index contributed by atoms with van der Waals surface area (Å²) in [6.45, 7) is 0. The van der Waals surface area contributed by atoms with Gasteiger partial charge in [-0.15, -0.1) is 0 Å². The van der Waals surface area contributed by atoms with E-state index >= 15 is 0 Å². The van der Waals surface area contributed by atoms with E-state index in [4.69, 9.17) is 9.47 Å². The van der Waals surface area contributed by atoms with Crippen molar-refractivity contribution in [3.8, 4) is 11.5 Å². The summed E-state index contributed by atoms with van der Waals surface area (Å²) < 4.78 is 10.6. The summed E-state index contributed by atoms with van der Waals surface area (Å²) in [5.41, 5.74) is 2.23. The molecule has 0 aromatic heterocycles. The van der Waals surface area contributed by atoms with Crippen molar-refractivity contribution in [2.45, 2.75) is 7.47 Å². The second kappa shape index (κ2) is 10.7. The van der Waals surface area contributed by atoms with Crippen LogP contribution in [0.3, 0.4) is 0 Å². The molecule has 0 saturated carbocycles. The Morgan fingerprint density at radius 2 is 1.17 bits per heavy atom. The van der Waals surface area contributed by atoms with Gasteiger partial charge >= 0.3 is 11.9 Å². The summed E-state index contributed by atoms with van der Waals surface area (Å²) >= 11 is 13.9. The van der Waals surface area contributed by atoms with E-state index in [1.54, 1.807) is 54.6 Å². The van der Waals surface area contributed by atoms with E-state index in [1.807, 2.05) is 12.1 Å². The van der Waals surface area contributed by atoms with Crippen LogP contribution in [0.15, 0.2) is 72.8 Å². The smallest absolute Gasteiger partial charge is 0.343 e. The lowest BCUT2D eigenvalue weighted by molar-refractivity contribution is 0.0731. The van der Waals surface area contributed by atoms with Crippen LogP contribution in [0.4, 0.5) is 0 Å². The number of benzene rings is 3. The van der Waals surface area contributed by atoms with Crippen LogP contribution >= 0.6 is 63.7 Å². The number of hydrogen-bond donors (Lipinski definition) is 0. The van der Waals surface area contributed by atoms with Crippen molar-refractivity contribution in [2.24, 2.45) is 0 Å². The normalized spacial score (nSPS) is 10.9. The van der Waals surface area contributed by atoms with Gasteiger partial charge < -0.3 is 9.47 Å². The third-order valence-electron chi connectivity index (χ3n) is 4.03. The van der Waals surface area contributed by atoms with Gasteiger partial charge in [0, 0.05) is 11.6 Å². The van der Waals surface area contributed by atoms with Gasteiger partial charge in [0.25, 0.3) is 0 Å². The average Bonchev–Trinajstić information content (AvgIpc) is 2.74. The average molecular weight is 662 g/mol. The van der Waals surface area contributed by atoms with Gasteiger partial charge in [-0.05, 0) is 35.9 Å². The topological polar surface area (TPSA) is 52.6 Å². The summed E-state index contributed by atoms with van der Waals surface area (Å²) in [5, 5.41) is 0. The van der Waals surface area contributed by atoms with Crippen LogP contribution in [0.2, 0.25) is 0 Å². The highest BCUT2D eigenvalue weighted by molar-refractivity contribution is 9.24. The lowest BCUT2D eigenvalue weighted by Crippen LogP contribution is -2.12. The largest absolute Gasteiger partial charge is 0.423 e. The maximum absolute atomic E-state index is 12.6. The number of alkyl halides is 4. The van der Waals surface area contributed by atoms with E-state index in [0.29, 0.717) is 16.7 Å². The highest BCUT2D eigenvalue weighted by Crippen LogP contribution is 2.46. The standard InChI is InChI=1S/C22H14Br4O4/c23-19(24)16-11-15(29-21(27)13-7-3-1-4-8-13)12-17(18(16)20(25)26)30-22(28)14-9-5-2-6-10-14/h1-12,19-20H. The molecule has 0 spiro atoms. The Morgan fingerprint density at radius 3 is 1.63 bits per heavy atom. The van der Waals surface area contributed by atoms with Gasteiger partial charge in [0.2, 0.25) is 0 Å².